The van der Waals surface area contributed by atoms with Crippen molar-refractivity contribution in [2.24, 2.45) is 17.3 Å². The number of hydrogen-bond donors (Lipinski definition) is 2. The zero-order valence-electron chi connectivity index (χ0n) is 14.0. The molecule has 3 atom stereocenters. The Morgan fingerprint density at radius 1 is 1.29 bits per heavy atom. The maximum Gasteiger partial charge on any atom is 0.317 e. The van der Waals surface area contributed by atoms with Crippen LogP contribution in [-0.2, 0) is 4.79 Å². The van der Waals surface area contributed by atoms with Gasteiger partial charge in [0.15, 0.2) is 0 Å². The molecule has 0 aromatic rings. The van der Waals surface area contributed by atoms with Crippen molar-refractivity contribution in [3.63, 3.8) is 0 Å². The lowest BCUT2D eigenvalue weighted by atomic mass is 9.61. The van der Waals surface area contributed by atoms with Crippen LogP contribution in [0.2, 0.25) is 0 Å². The molecule has 21 heavy (non-hydrogen) atoms. The second-order valence-corrected chi connectivity index (χ2v) is 6.71. The highest BCUT2D eigenvalue weighted by molar-refractivity contribution is 5.75. The van der Waals surface area contributed by atoms with E-state index in [1.165, 1.54) is 0 Å². The summed E-state index contributed by atoms with van der Waals surface area (Å²) < 4.78 is 0. The Balaban J connectivity index is 2.74. The molecule has 1 aliphatic carbocycles. The van der Waals surface area contributed by atoms with Crippen LogP contribution in [0.25, 0.3) is 0 Å². The summed E-state index contributed by atoms with van der Waals surface area (Å²) in [5, 5.41) is 12.5. The number of carboxylic acid groups (broad SMARTS) is 1. The van der Waals surface area contributed by atoms with E-state index in [-0.39, 0.29) is 29.3 Å². The molecule has 3 unspecified atom stereocenters. The highest BCUT2D eigenvalue weighted by Crippen LogP contribution is 2.45. The average Bonchev–Trinajstić information content (AvgIpc) is 2.40. The molecular weight excluding hydrogens is 268 g/mol. The van der Waals surface area contributed by atoms with Crippen molar-refractivity contribution in [2.45, 2.75) is 59.9 Å². The normalized spacial score (nSPS) is 28.0. The number of carbonyl (C=O) groups is 2. The molecule has 122 valence electrons. The predicted molar refractivity (Wildman–Crippen MR) is 83.2 cm³/mol. The van der Waals surface area contributed by atoms with Gasteiger partial charge < -0.3 is 15.3 Å². The van der Waals surface area contributed by atoms with Gasteiger partial charge in [0, 0.05) is 19.1 Å². The van der Waals surface area contributed by atoms with Gasteiger partial charge in [-0.25, -0.2) is 4.79 Å². The molecule has 5 nitrogen and oxygen atoms in total. The number of rotatable bonds is 5. The fraction of sp³-hybridized carbons (Fsp3) is 0.875. The van der Waals surface area contributed by atoms with E-state index in [0.29, 0.717) is 13.0 Å². The summed E-state index contributed by atoms with van der Waals surface area (Å²) in [5.74, 6) is -0.923. The number of hydrogen-bond acceptors (Lipinski definition) is 2. The zero-order valence-corrected chi connectivity index (χ0v) is 14.0. The first-order chi connectivity index (χ1) is 9.75. The molecule has 0 aliphatic heterocycles. The molecule has 0 bridgehead atoms. The Hall–Kier alpha value is -1.26. The number of urea groups is 1. The SMILES string of the molecule is CCCN(CC)C(=O)NC1CCC(C(=O)O)C(C)(C)C1C. The van der Waals surface area contributed by atoms with Crippen LogP contribution in [0.5, 0.6) is 0 Å². The molecule has 0 heterocycles. The fourth-order valence-electron chi connectivity index (χ4n) is 3.37. The molecule has 1 saturated carbocycles. The average molecular weight is 298 g/mol. The van der Waals surface area contributed by atoms with E-state index in [1.807, 2.05) is 25.7 Å². The highest BCUT2D eigenvalue weighted by Gasteiger charge is 2.46. The van der Waals surface area contributed by atoms with E-state index in [9.17, 15) is 14.7 Å². The molecule has 1 rings (SSSR count). The van der Waals surface area contributed by atoms with E-state index >= 15 is 0 Å². The van der Waals surface area contributed by atoms with Gasteiger partial charge in [0.1, 0.15) is 0 Å². The fourth-order valence-corrected chi connectivity index (χ4v) is 3.37. The van der Waals surface area contributed by atoms with Gasteiger partial charge in [-0.3, -0.25) is 4.79 Å². The van der Waals surface area contributed by atoms with Crippen LogP contribution in [0, 0.1) is 17.3 Å². The molecule has 0 radical (unpaired) electrons. The Morgan fingerprint density at radius 2 is 1.90 bits per heavy atom. The van der Waals surface area contributed by atoms with Crippen LogP contribution in [0.4, 0.5) is 4.79 Å². The summed E-state index contributed by atoms with van der Waals surface area (Å²) in [6.07, 6.45) is 2.29. The Morgan fingerprint density at radius 3 is 2.38 bits per heavy atom. The third-order valence-corrected chi connectivity index (χ3v) is 5.21. The van der Waals surface area contributed by atoms with Crippen molar-refractivity contribution >= 4 is 12.0 Å². The number of nitrogens with one attached hydrogen (secondary N) is 1. The van der Waals surface area contributed by atoms with Crippen LogP contribution >= 0.6 is 0 Å². The van der Waals surface area contributed by atoms with Crippen molar-refractivity contribution in [1.29, 1.82) is 0 Å². The summed E-state index contributed by atoms with van der Waals surface area (Å²) in [4.78, 5) is 25.5. The van der Waals surface area contributed by atoms with Crippen molar-refractivity contribution in [3.05, 3.63) is 0 Å². The van der Waals surface area contributed by atoms with Gasteiger partial charge >= 0.3 is 12.0 Å². The Kier molecular flexibility index (Phi) is 6.05. The topological polar surface area (TPSA) is 69.6 Å². The van der Waals surface area contributed by atoms with Crippen molar-refractivity contribution in [1.82, 2.24) is 10.2 Å². The number of carboxylic acids is 1. The third kappa shape index (κ3) is 3.89. The Bertz CT molecular complexity index is 382. The molecule has 2 N–H and O–H groups in total. The summed E-state index contributed by atoms with van der Waals surface area (Å²) in [7, 11) is 0. The standard InChI is InChI=1S/C16H30N2O3/c1-6-10-18(7-2)15(21)17-13-9-8-12(14(19)20)16(4,5)11(13)3/h11-13H,6-10H2,1-5H3,(H,17,21)(H,19,20). The smallest absolute Gasteiger partial charge is 0.317 e. The lowest BCUT2D eigenvalue weighted by Gasteiger charge is -2.46. The molecule has 0 aromatic heterocycles. The van der Waals surface area contributed by atoms with Crippen molar-refractivity contribution in [2.75, 3.05) is 13.1 Å². The van der Waals surface area contributed by atoms with Crippen LogP contribution in [-0.4, -0.2) is 41.1 Å². The molecule has 1 aliphatic rings. The molecule has 1 fully saturated rings. The quantitative estimate of drug-likeness (QED) is 0.820. The van der Waals surface area contributed by atoms with Gasteiger partial charge in [-0.2, -0.15) is 0 Å². The van der Waals surface area contributed by atoms with Gasteiger partial charge in [-0.05, 0) is 37.5 Å². The number of amides is 2. The lowest BCUT2D eigenvalue weighted by Crippen LogP contribution is -2.54. The summed E-state index contributed by atoms with van der Waals surface area (Å²) in [6.45, 7) is 11.5. The van der Waals surface area contributed by atoms with Crippen molar-refractivity contribution in [3.8, 4) is 0 Å². The minimum absolute atomic E-state index is 0.0271. The van der Waals surface area contributed by atoms with Crippen LogP contribution in [0.1, 0.15) is 53.9 Å². The first-order valence-electron chi connectivity index (χ1n) is 8.03. The van der Waals surface area contributed by atoms with Crippen LogP contribution < -0.4 is 5.32 Å². The first-order valence-corrected chi connectivity index (χ1v) is 8.03. The largest absolute Gasteiger partial charge is 0.481 e. The summed E-state index contributed by atoms with van der Waals surface area (Å²) in [5.41, 5.74) is -0.316. The molecule has 0 aromatic carbocycles. The van der Waals surface area contributed by atoms with E-state index in [2.05, 4.69) is 19.2 Å². The maximum atomic E-state index is 12.3. The molecule has 5 heteroatoms. The molecule has 0 spiro atoms. The summed E-state index contributed by atoms with van der Waals surface area (Å²) >= 11 is 0. The number of nitrogens with zero attached hydrogens (tertiary/aromatic N) is 1. The maximum absolute atomic E-state index is 12.3. The lowest BCUT2D eigenvalue weighted by molar-refractivity contribution is -0.150. The Labute approximate surface area is 128 Å². The van der Waals surface area contributed by atoms with E-state index in [1.54, 1.807) is 0 Å². The second kappa shape index (κ2) is 7.14. The molecule has 0 saturated heterocycles. The first kappa shape index (κ1) is 17.8. The molecule has 2 amide bonds. The summed E-state index contributed by atoms with van der Waals surface area (Å²) in [6, 6.07) is 0.0229. The van der Waals surface area contributed by atoms with Gasteiger partial charge in [0.05, 0.1) is 5.92 Å². The monoisotopic (exact) mass is 298 g/mol. The van der Waals surface area contributed by atoms with E-state index in [4.69, 9.17) is 0 Å². The van der Waals surface area contributed by atoms with Crippen LogP contribution in [0.3, 0.4) is 0 Å². The van der Waals surface area contributed by atoms with Gasteiger partial charge in [-0.15, -0.1) is 0 Å². The highest BCUT2D eigenvalue weighted by atomic mass is 16.4. The predicted octanol–water partition coefficient (Wildman–Crippen LogP) is 2.95. The minimum Gasteiger partial charge on any atom is -0.481 e. The number of aliphatic carboxylic acids is 1. The third-order valence-electron chi connectivity index (χ3n) is 5.21. The second-order valence-electron chi connectivity index (χ2n) is 6.71. The van der Waals surface area contributed by atoms with E-state index in [0.717, 1.165) is 19.4 Å². The van der Waals surface area contributed by atoms with Gasteiger partial charge in [0.25, 0.3) is 0 Å². The minimum atomic E-state index is -0.724. The van der Waals surface area contributed by atoms with Crippen LogP contribution in [0.15, 0.2) is 0 Å². The molecular formula is C16H30N2O3. The zero-order chi connectivity index (χ0) is 16.2. The van der Waals surface area contributed by atoms with Gasteiger partial charge in [0.2, 0.25) is 0 Å². The van der Waals surface area contributed by atoms with Gasteiger partial charge in [-0.1, -0.05) is 27.7 Å². The van der Waals surface area contributed by atoms with E-state index < -0.39 is 5.97 Å². The number of carbonyl (C=O) groups excluding carboxylic acids is 1. The van der Waals surface area contributed by atoms with Crippen molar-refractivity contribution < 1.29 is 14.7 Å².